The number of aryl methyl sites for hydroxylation is 1. The lowest BCUT2D eigenvalue weighted by molar-refractivity contribution is 0.0662. The molecule has 10 heteroatoms. The van der Waals surface area contributed by atoms with E-state index in [0.717, 1.165) is 65.3 Å². The topological polar surface area (TPSA) is 103 Å². The Kier molecular flexibility index (Phi) is 5.47. The molecule has 38 heavy (non-hydrogen) atoms. The van der Waals surface area contributed by atoms with Crippen molar-refractivity contribution in [1.29, 1.82) is 0 Å². The van der Waals surface area contributed by atoms with Crippen molar-refractivity contribution in [3.05, 3.63) is 78.3 Å². The SMILES string of the molecule is Cc1nn2c(-c3ccnc4c3CCN4C(=O)c3ccncc3)cnc2cc1-c1cnn(C2CCOCC2)c1. The number of aromatic nitrogens is 7. The highest BCUT2D eigenvalue weighted by atomic mass is 16.5. The average molecular weight is 507 g/mol. The van der Waals surface area contributed by atoms with E-state index in [1.165, 1.54) is 0 Å². The summed E-state index contributed by atoms with van der Waals surface area (Å²) < 4.78 is 9.43. The first-order valence-electron chi connectivity index (χ1n) is 12.8. The molecule has 1 saturated heterocycles. The summed E-state index contributed by atoms with van der Waals surface area (Å²) in [4.78, 5) is 28.2. The lowest BCUT2D eigenvalue weighted by Crippen LogP contribution is -2.29. The predicted octanol–water partition coefficient (Wildman–Crippen LogP) is 3.91. The van der Waals surface area contributed by atoms with Crippen LogP contribution in [0.15, 0.2) is 61.4 Å². The van der Waals surface area contributed by atoms with E-state index in [2.05, 4.69) is 32.0 Å². The van der Waals surface area contributed by atoms with E-state index < -0.39 is 0 Å². The molecule has 5 aromatic heterocycles. The van der Waals surface area contributed by atoms with E-state index >= 15 is 0 Å². The Labute approximate surface area is 218 Å². The van der Waals surface area contributed by atoms with Gasteiger partial charge in [0.25, 0.3) is 5.91 Å². The third-order valence-electron chi connectivity index (χ3n) is 7.48. The van der Waals surface area contributed by atoms with Gasteiger partial charge in [-0.25, -0.2) is 14.5 Å². The Morgan fingerprint density at radius 2 is 1.87 bits per heavy atom. The number of anilines is 1. The smallest absolute Gasteiger partial charge is 0.259 e. The molecule has 0 bridgehead atoms. The van der Waals surface area contributed by atoms with E-state index in [-0.39, 0.29) is 5.91 Å². The van der Waals surface area contributed by atoms with Crippen LogP contribution < -0.4 is 4.90 Å². The Balaban J connectivity index is 1.23. The van der Waals surface area contributed by atoms with Crippen LogP contribution in [0.3, 0.4) is 0 Å². The Morgan fingerprint density at radius 3 is 2.71 bits per heavy atom. The first-order chi connectivity index (χ1) is 18.7. The van der Waals surface area contributed by atoms with E-state index in [0.29, 0.717) is 30.4 Å². The van der Waals surface area contributed by atoms with Gasteiger partial charge in [0.1, 0.15) is 5.82 Å². The van der Waals surface area contributed by atoms with Crippen molar-refractivity contribution in [1.82, 2.24) is 34.3 Å². The van der Waals surface area contributed by atoms with Crippen LogP contribution in [0.5, 0.6) is 0 Å². The van der Waals surface area contributed by atoms with Gasteiger partial charge in [0.2, 0.25) is 0 Å². The summed E-state index contributed by atoms with van der Waals surface area (Å²) in [7, 11) is 0. The third-order valence-corrected chi connectivity index (χ3v) is 7.48. The molecule has 1 fully saturated rings. The maximum absolute atomic E-state index is 13.2. The molecule has 0 N–H and O–H groups in total. The zero-order valence-corrected chi connectivity index (χ0v) is 21.0. The van der Waals surface area contributed by atoms with Crippen LogP contribution in [-0.4, -0.2) is 60.0 Å². The first-order valence-corrected chi connectivity index (χ1v) is 12.8. The van der Waals surface area contributed by atoms with Gasteiger partial charge in [-0.3, -0.25) is 19.4 Å². The molecule has 0 spiro atoms. The van der Waals surface area contributed by atoms with Crippen LogP contribution in [0.1, 0.15) is 40.5 Å². The number of amides is 1. The molecule has 0 radical (unpaired) electrons. The van der Waals surface area contributed by atoms with Crippen molar-refractivity contribution >= 4 is 17.4 Å². The number of ether oxygens (including phenoxy) is 1. The molecule has 5 aromatic rings. The lowest BCUT2D eigenvalue weighted by atomic mass is 10.1. The van der Waals surface area contributed by atoms with Crippen molar-refractivity contribution < 1.29 is 9.53 Å². The molecule has 0 aliphatic carbocycles. The van der Waals surface area contributed by atoms with Gasteiger partial charge in [-0.2, -0.15) is 10.2 Å². The second-order valence-electron chi connectivity index (χ2n) is 9.71. The van der Waals surface area contributed by atoms with Gasteiger partial charge in [0.15, 0.2) is 5.65 Å². The molecule has 7 rings (SSSR count). The van der Waals surface area contributed by atoms with Gasteiger partial charge in [-0.15, -0.1) is 0 Å². The molecular formula is C28H26N8O2. The highest BCUT2D eigenvalue weighted by Crippen LogP contribution is 2.36. The summed E-state index contributed by atoms with van der Waals surface area (Å²) in [5.74, 6) is 0.613. The zero-order chi connectivity index (χ0) is 25.6. The third kappa shape index (κ3) is 3.76. The van der Waals surface area contributed by atoms with Gasteiger partial charge < -0.3 is 4.74 Å². The van der Waals surface area contributed by atoms with Crippen LogP contribution in [0, 0.1) is 6.92 Å². The fourth-order valence-corrected chi connectivity index (χ4v) is 5.48. The number of rotatable bonds is 4. The maximum Gasteiger partial charge on any atom is 0.259 e. The Hall–Kier alpha value is -4.44. The van der Waals surface area contributed by atoms with Gasteiger partial charge in [0.05, 0.1) is 29.8 Å². The number of hydrogen-bond acceptors (Lipinski definition) is 7. The molecule has 2 aliphatic heterocycles. The minimum Gasteiger partial charge on any atom is -0.381 e. The molecule has 10 nitrogen and oxygen atoms in total. The number of hydrogen-bond donors (Lipinski definition) is 0. The number of fused-ring (bicyclic) bond motifs is 2. The molecule has 0 aromatic carbocycles. The average Bonchev–Trinajstić information content (AvgIpc) is 3.71. The molecule has 0 saturated carbocycles. The van der Waals surface area contributed by atoms with Crippen molar-refractivity contribution in [3.63, 3.8) is 0 Å². The lowest BCUT2D eigenvalue weighted by Gasteiger charge is -2.22. The summed E-state index contributed by atoms with van der Waals surface area (Å²) in [5.41, 5.74) is 7.18. The number of carbonyl (C=O) groups is 1. The normalized spacial score (nSPS) is 15.8. The number of carbonyl (C=O) groups excluding carboxylic acids is 1. The predicted molar refractivity (Wildman–Crippen MR) is 141 cm³/mol. The van der Waals surface area contributed by atoms with Crippen molar-refractivity contribution in [2.45, 2.75) is 32.2 Å². The monoisotopic (exact) mass is 506 g/mol. The van der Waals surface area contributed by atoms with Crippen LogP contribution in [0.25, 0.3) is 28.0 Å². The minimum absolute atomic E-state index is 0.0751. The summed E-state index contributed by atoms with van der Waals surface area (Å²) in [6, 6.07) is 7.87. The molecule has 7 heterocycles. The molecule has 0 unspecified atom stereocenters. The Morgan fingerprint density at radius 1 is 1.03 bits per heavy atom. The van der Waals surface area contributed by atoms with Gasteiger partial charge >= 0.3 is 0 Å². The van der Waals surface area contributed by atoms with Crippen molar-refractivity contribution in [2.24, 2.45) is 0 Å². The number of imidazole rings is 1. The largest absolute Gasteiger partial charge is 0.381 e. The fourth-order valence-electron chi connectivity index (χ4n) is 5.48. The van der Waals surface area contributed by atoms with Gasteiger partial charge in [-0.05, 0) is 50.5 Å². The maximum atomic E-state index is 13.2. The molecule has 190 valence electrons. The van der Waals surface area contributed by atoms with E-state index in [1.54, 1.807) is 35.6 Å². The number of nitrogens with zero attached hydrogens (tertiary/aromatic N) is 8. The van der Waals surface area contributed by atoms with Crippen LogP contribution in [0.4, 0.5) is 5.82 Å². The highest BCUT2D eigenvalue weighted by Gasteiger charge is 2.30. The van der Waals surface area contributed by atoms with Crippen LogP contribution in [-0.2, 0) is 11.2 Å². The second kappa shape index (κ2) is 9.14. The summed E-state index contributed by atoms with van der Waals surface area (Å²) in [5, 5.41) is 9.56. The summed E-state index contributed by atoms with van der Waals surface area (Å²) >= 11 is 0. The van der Waals surface area contributed by atoms with E-state index in [1.807, 2.05) is 29.9 Å². The van der Waals surface area contributed by atoms with Crippen LogP contribution >= 0.6 is 0 Å². The first kappa shape index (κ1) is 22.7. The molecule has 0 atom stereocenters. The standard InChI is InChI=1S/C28H26N8O2/c1-18-24(20-15-32-35(17-20)21-6-12-38-13-7-21)14-26-31-16-25(36(26)33-18)22-4-10-30-27-23(22)5-11-34(27)28(37)19-2-8-29-9-3-19/h2-4,8-10,14-17,21H,5-7,11-13H2,1H3. The van der Waals surface area contributed by atoms with E-state index in [9.17, 15) is 4.79 Å². The molecule has 1 amide bonds. The summed E-state index contributed by atoms with van der Waals surface area (Å²) in [6.07, 6.45) is 13.5. The van der Waals surface area contributed by atoms with E-state index in [4.69, 9.17) is 14.8 Å². The van der Waals surface area contributed by atoms with Gasteiger partial charge in [-0.1, -0.05) is 0 Å². The minimum atomic E-state index is -0.0751. The zero-order valence-electron chi connectivity index (χ0n) is 21.0. The summed E-state index contributed by atoms with van der Waals surface area (Å²) in [6.45, 7) is 4.14. The fraction of sp³-hybridized carbons (Fsp3) is 0.286. The number of pyridine rings is 2. The van der Waals surface area contributed by atoms with Crippen molar-refractivity contribution in [3.8, 4) is 22.4 Å². The second-order valence-corrected chi connectivity index (χ2v) is 9.71. The quantitative estimate of drug-likeness (QED) is 0.364. The van der Waals surface area contributed by atoms with Gasteiger partial charge in [0, 0.05) is 72.4 Å². The Bertz CT molecular complexity index is 1650. The van der Waals surface area contributed by atoms with Crippen LogP contribution in [0.2, 0.25) is 0 Å². The molecule has 2 aliphatic rings. The molecular weight excluding hydrogens is 480 g/mol. The highest BCUT2D eigenvalue weighted by molar-refractivity contribution is 6.07. The van der Waals surface area contributed by atoms with Crippen molar-refractivity contribution in [2.75, 3.05) is 24.7 Å².